The predicted molar refractivity (Wildman–Crippen MR) is 96.2 cm³/mol. The van der Waals surface area contributed by atoms with E-state index in [-0.39, 0.29) is 5.91 Å². The van der Waals surface area contributed by atoms with E-state index in [1.54, 1.807) is 0 Å². The van der Waals surface area contributed by atoms with Crippen LogP contribution in [0, 0.1) is 17.8 Å². The monoisotopic (exact) mass is 377 g/mol. The molecule has 0 heterocycles. The summed E-state index contributed by atoms with van der Waals surface area (Å²) in [6.07, 6.45) is 8.25. The fourth-order valence-corrected chi connectivity index (χ4v) is 3.21. The summed E-state index contributed by atoms with van der Waals surface area (Å²) in [6.45, 7) is 0.722. The molecule has 0 atom stereocenters. The molecule has 1 aliphatic carbocycles. The number of benzene rings is 1. The van der Waals surface area contributed by atoms with Gasteiger partial charge in [0.25, 0.3) is 0 Å². The minimum Gasteiger partial charge on any atom is -0.481 e. The maximum Gasteiger partial charge on any atom is 0.220 e. The summed E-state index contributed by atoms with van der Waals surface area (Å²) >= 11 is 3.39. The molecule has 0 aliphatic heterocycles. The van der Waals surface area contributed by atoms with Crippen LogP contribution in [0.5, 0.6) is 5.75 Å². The molecule has 124 valence electrons. The third kappa shape index (κ3) is 7.56. The zero-order valence-electron chi connectivity index (χ0n) is 13.4. The van der Waals surface area contributed by atoms with Crippen LogP contribution in [0.3, 0.4) is 0 Å². The first kappa shape index (κ1) is 17.9. The fourth-order valence-electron chi connectivity index (χ4n) is 2.83. The van der Waals surface area contributed by atoms with Crippen molar-refractivity contribution in [1.82, 2.24) is 5.32 Å². The number of ether oxygens (including phenoxy) is 1. The number of carbonyl (C=O) groups is 1. The highest BCUT2D eigenvalue weighted by molar-refractivity contribution is 9.10. The lowest BCUT2D eigenvalue weighted by Gasteiger charge is -2.20. The molecule has 0 radical (unpaired) electrons. The van der Waals surface area contributed by atoms with E-state index in [1.165, 1.54) is 32.1 Å². The molecule has 1 amide bonds. The molecule has 3 nitrogen and oxygen atoms in total. The Kier molecular flexibility index (Phi) is 8.03. The smallest absolute Gasteiger partial charge is 0.220 e. The van der Waals surface area contributed by atoms with Gasteiger partial charge in [-0.3, -0.25) is 4.79 Å². The molecule has 0 aromatic heterocycles. The first-order valence-corrected chi connectivity index (χ1v) is 9.14. The Morgan fingerprint density at radius 1 is 1.26 bits per heavy atom. The Hall–Kier alpha value is -1.47. The van der Waals surface area contributed by atoms with Gasteiger partial charge in [0.05, 0.1) is 6.54 Å². The van der Waals surface area contributed by atoms with Crippen LogP contribution in [-0.4, -0.2) is 19.1 Å². The van der Waals surface area contributed by atoms with Crippen molar-refractivity contribution in [2.75, 3.05) is 13.2 Å². The molecular formula is C19H24BrNO2. The van der Waals surface area contributed by atoms with Crippen LogP contribution in [0.4, 0.5) is 0 Å². The Morgan fingerprint density at radius 3 is 2.87 bits per heavy atom. The van der Waals surface area contributed by atoms with Crippen molar-refractivity contribution in [3.63, 3.8) is 0 Å². The number of amides is 1. The van der Waals surface area contributed by atoms with Crippen molar-refractivity contribution in [1.29, 1.82) is 0 Å². The minimum absolute atomic E-state index is 0.109. The summed E-state index contributed by atoms with van der Waals surface area (Å²) in [7, 11) is 0. The van der Waals surface area contributed by atoms with E-state index >= 15 is 0 Å². The van der Waals surface area contributed by atoms with E-state index in [2.05, 4.69) is 33.1 Å². The van der Waals surface area contributed by atoms with Gasteiger partial charge in [0.2, 0.25) is 5.91 Å². The molecule has 23 heavy (non-hydrogen) atoms. The van der Waals surface area contributed by atoms with Crippen molar-refractivity contribution in [2.45, 2.75) is 44.9 Å². The number of hydrogen-bond acceptors (Lipinski definition) is 2. The van der Waals surface area contributed by atoms with Crippen LogP contribution in [0.1, 0.15) is 44.9 Å². The van der Waals surface area contributed by atoms with Gasteiger partial charge in [-0.15, -0.1) is 0 Å². The molecule has 2 rings (SSSR count). The van der Waals surface area contributed by atoms with Crippen molar-refractivity contribution < 1.29 is 9.53 Å². The summed E-state index contributed by atoms with van der Waals surface area (Å²) in [5.74, 6) is 7.47. The normalized spacial score (nSPS) is 14.7. The topological polar surface area (TPSA) is 38.3 Å². The summed E-state index contributed by atoms with van der Waals surface area (Å²) in [5.41, 5.74) is 0. The van der Waals surface area contributed by atoms with Crippen LogP contribution < -0.4 is 10.1 Å². The molecule has 0 unspecified atom stereocenters. The van der Waals surface area contributed by atoms with Gasteiger partial charge in [-0.25, -0.2) is 0 Å². The highest BCUT2D eigenvalue weighted by Crippen LogP contribution is 2.27. The maximum absolute atomic E-state index is 11.8. The number of halogens is 1. The van der Waals surface area contributed by atoms with Gasteiger partial charge in [0.1, 0.15) is 12.4 Å². The summed E-state index contributed by atoms with van der Waals surface area (Å²) in [4.78, 5) is 11.8. The SMILES string of the molecule is O=C(CCC1CCCCC1)NCC#CCOc1cccc(Br)c1. The molecule has 1 aromatic carbocycles. The first-order chi connectivity index (χ1) is 11.2. The zero-order chi connectivity index (χ0) is 16.3. The molecule has 1 saturated carbocycles. The molecule has 0 spiro atoms. The van der Waals surface area contributed by atoms with Crippen LogP contribution >= 0.6 is 15.9 Å². The van der Waals surface area contributed by atoms with Crippen LogP contribution in [0.15, 0.2) is 28.7 Å². The summed E-state index contributed by atoms with van der Waals surface area (Å²) < 4.78 is 6.48. The number of carbonyl (C=O) groups excluding carboxylic acids is 1. The van der Waals surface area contributed by atoms with Crippen molar-refractivity contribution in [3.05, 3.63) is 28.7 Å². The highest BCUT2D eigenvalue weighted by Gasteiger charge is 2.14. The Labute approximate surface area is 147 Å². The highest BCUT2D eigenvalue weighted by atomic mass is 79.9. The second-order valence-electron chi connectivity index (χ2n) is 5.92. The van der Waals surface area contributed by atoms with Gasteiger partial charge >= 0.3 is 0 Å². The molecule has 0 bridgehead atoms. The zero-order valence-corrected chi connectivity index (χ0v) is 15.0. The number of rotatable bonds is 6. The van der Waals surface area contributed by atoms with Crippen molar-refractivity contribution in [2.24, 2.45) is 5.92 Å². The molecule has 1 N–H and O–H groups in total. The third-order valence-electron chi connectivity index (χ3n) is 4.11. The van der Waals surface area contributed by atoms with Gasteiger partial charge in [-0.05, 0) is 30.5 Å². The maximum atomic E-state index is 11.8. The van der Waals surface area contributed by atoms with Crippen LogP contribution in [0.25, 0.3) is 0 Å². The van der Waals surface area contributed by atoms with Gasteiger partial charge in [0, 0.05) is 10.9 Å². The molecule has 0 saturated heterocycles. The second kappa shape index (κ2) is 10.3. The van der Waals surface area contributed by atoms with E-state index in [4.69, 9.17) is 4.74 Å². The Bertz CT molecular complexity index is 556. The Morgan fingerprint density at radius 2 is 2.09 bits per heavy atom. The molecule has 1 fully saturated rings. The van der Waals surface area contributed by atoms with Gasteiger partial charge < -0.3 is 10.1 Å². The average molecular weight is 378 g/mol. The minimum atomic E-state index is 0.109. The third-order valence-corrected chi connectivity index (χ3v) is 4.60. The predicted octanol–water partition coefficient (Wildman–Crippen LogP) is 4.31. The van der Waals surface area contributed by atoms with E-state index in [0.717, 1.165) is 22.6 Å². The molecule has 1 aromatic rings. The summed E-state index contributed by atoms with van der Waals surface area (Å²) in [6, 6.07) is 7.65. The fraction of sp³-hybridized carbons (Fsp3) is 0.526. The van der Waals surface area contributed by atoms with Crippen LogP contribution in [-0.2, 0) is 4.79 Å². The molecule has 1 aliphatic rings. The molecular weight excluding hydrogens is 354 g/mol. The lowest BCUT2D eigenvalue weighted by atomic mass is 9.86. The quantitative estimate of drug-likeness (QED) is 0.750. The van der Waals surface area contributed by atoms with Crippen molar-refractivity contribution in [3.8, 4) is 17.6 Å². The van der Waals surface area contributed by atoms with Gasteiger partial charge in [-0.2, -0.15) is 0 Å². The van der Waals surface area contributed by atoms with E-state index in [9.17, 15) is 4.79 Å². The van der Waals surface area contributed by atoms with Gasteiger partial charge in [-0.1, -0.05) is 65.9 Å². The molecule has 4 heteroatoms. The van der Waals surface area contributed by atoms with Crippen molar-refractivity contribution >= 4 is 21.8 Å². The lowest BCUT2D eigenvalue weighted by Crippen LogP contribution is -2.24. The van der Waals surface area contributed by atoms with Crippen LogP contribution in [0.2, 0.25) is 0 Å². The Balaban J connectivity index is 1.55. The van der Waals surface area contributed by atoms with E-state index in [0.29, 0.717) is 19.6 Å². The standard InChI is InChI=1S/C19H24BrNO2/c20-17-9-6-10-18(15-17)23-14-5-4-13-21-19(22)12-11-16-7-2-1-3-8-16/h6,9-10,15-16H,1-3,7-8,11-14H2,(H,21,22). The van der Waals surface area contributed by atoms with E-state index in [1.807, 2.05) is 24.3 Å². The van der Waals surface area contributed by atoms with Gasteiger partial charge in [0.15, 0.2) is 0 Å². The summed E-state index contributed by atoms with van der Waals surface area (Å²) in [5, 5.41) is 2.85. The first-order valence-electron chi connectivity index (χ1n) is 8.35. The second-order valence-corrected chi connectivity index (χ2v) is 6.83. The number of hydrogen-bond donors (Lipinski definition) is 1. The largest absolute Gasteiger partial charge is 0.481 e. The average Bonchev–Trinajstić information content (AvgIpc) is 2.57. The van der Waals surface area contributed by atoms with E-state index < -0.39 is 0 Å². The lowest BCUT2D eigenvalue weighted by molar-refractivity contribution is -0.121. The number of nitrogens with one attached hydrogen (secondary N) is 1.